The van der Waals surface area contributed by atoms with Crippen LogP contribution in [0.15, 0.2) is 29.2 Å². The van der Waals surface area contributed by atoms with Crippen LogP contribution < -0.4 is 5.32 Å². The molecule has 2 N–H and O–H groups in total. The van der Waals surface area contributed by atoms with Crippen LogP contribution in [0, 0.1) is 0 Å². The quantitative estimate of drug-likeness (QED) is 0.819. The van der Waals surface area contributed by atoms with Gasteiger partial charge in [0, 0.05) is 11.4 Å². The number of nitrogens with zero attached hydrogens (tertiary/aromatic N) is 1. The first-order chi connectivity index (χ1) is 9.34. The smallest absolute Gasteiger partial charge is 0.329 e. The van der Waals surface area contributed by atoms with Gasteiger partial charge in [0.2, 0.25) is 0 Å². The maximum Gasteiger partial charge on any atom is 0.329 e. The highest BCUT2D eigenvalue weighted by Gasteiger charge is 2.37. The van der Waals surface area contributed by atoms with Crippen molar-refractivity contribution in [1.82, 2.24) is 4.90 Å². The number of rotatable bonds is 5. The molecule has 0 spiro atoms. The minimum absolute atomic E-state index is 0.312. The summed E-state index contributed by atoms with van der Waals surface area (Å²) in [4.78, 5) is 25.8. The van der Waals surface area contributed by atoms with Crippen molar-refractivity contribution in [2.75, 3.05) is 18.1 Å². The largest absolute Gasteiger partial charge is 0.480 e. The van der Waals surface area contributed by atoms with Gasteiger partial charge in [0.05, 0.1) is 5.69 Å². The number of hydrogen-bond acceptors (Lipinski definition) is 3. The van der Waals surface area contributed by atoms with Gasteiger partial charge in [0.1, 0.15) is 5.54 Å². The van der Waals surface area contributed by atoms with Crippen molar-refractivity contribution in [2.45, 2.75) is 31.2 Å². The fraction of sp³-hybridized carbons (Fsp3) is 0.429. The molecule has 110 valence electrons. The van der Waals surface area contributed by atoms with Gasteiger partial charge in [0.25, 0.3) is 0 Å². The van der Waals surface area contributed by atoms with Crippen LogP contribution in [-0.4, -0.2) is 40.3 Å². The van der Waals surface area contributed by atoms with Crippen LogP contribution in [0.5, 0.6) is 0 Å². The zero-order chi connectivity index (χ0) is 15.3. The summed E-state index contributed by atoms with van der Waals surface area (Å²) in [5, 5.41) is 12.0. The zero-order valence-electron chi connectivity index (χ0n) is 12.1. The summed E-state index contributed by atoms with van der Waals surface area (Å²) < 4.78 is 0. The summed E-state index contributed by atoms with van der Waals surface area (Å²) >= 11 is 1.52. The number of nitrogens with one attached hydrogen (secondary N) is 1. The number of benzene rings is 1. The molecule has 0 saturated heterocycles. The predicted octanol–water partition coefficient (Wildman–Crippen LogP) is 3.13. The maximum atomic E-state index is 12.3. The van der Waals surface area contributed by atoms with Gasteiger partial charge in [-0.05, 0) is 39.2 Å². The molecule has 1 aromatic carbocycles. The molecule has 0 aliphatic carbocycles. The standard InChI is InChI=1S/C14H20N2O3S/c1-5-16(14(2,3)12(17)18)13(19)15-10-8-6-7-9-11(10)20-4/h6-9H,5H2,1-4H3,(H,15,19)(H,17,18). The molecular formula is C14H20N2O3S. The lowest BCUT2D eigenvalue weighted by Gasteiger charge is -2.34. The number of likely N-dealkylation sites (N-methyl/N-ethyl adjacent to an activating group) is 1. The molecule has 0 aromatic heterocycles. The Morgan fingerprint density at radius 3 is 2.45 bits per heavy atom. The molecule has 0 unspecified atom stereocenters. The molecule has 0 bridgehead atoms. The van der Waals surface area contributed by atoms with Gasteiger partial charge in [0.15, 0.2) is 0 Å². The van der Waals surface area contributed by atoms with Crippen LogP contribution in [-0.2, 0) is 4.79 Å². The second-order valence-electron chi connectivity index (χ2n) is 4.74. The Hall–Kier alpha value is -1.69. The van der Waals surface area contributed by atoms with E-state index in [-0.39, 0.29) is 0 Å². The first-order valence-corrected chi connectivity index (χ1v) is 7.52. The molecular weight excluding hydrogens is 276 g/mol. The van der Waals surface area contributed by atoms with Gasteiger partial charge >= 0.3 is 12.0 Å². The van der Waals surface area contributed by atoms with Crippen molar-refractivity contribution < 1.29 is 14.7 Å². The molecule has 5 nitrogen and oxygen atoms in total. The van der Waals surface area contributed by atoms with E-state index in [1.54, 1.807) is 13.0 Å². The minimum Gasteiger partial charge on any atom is -0.480 e. The highest BCUT2D eigenvalue weighted by Crippen LogP contribution is 2.25. The number of aliphatic carboxylic acids is 1. The first kappa shape index (κ1) is 16.4. The first-order valence-electron chi connectivity index (χ1n) is 6.29. The van der Waals surface area contributed by atoms with E-state index in [1.807, 2.05) is 24.5 Å². The molecule has 1 aromatic rings. The molecule has 0 aliphatic rings. The Kier molecular flexibility index (Phi) is 5.44. The second kappa shape index (κ2) is 6.65. The number of carboxylic acids is 1. The monoisotopic (exact) mass is 296 g/mol. The van der Waals surface area contributed by atoms with Gasteiger partial charge < -0.3 is 15.3 Å². The number of carbonyl (C=O) groups excluding carboxylic acids is 1. The maximum absolute atomic E-state index is 12.3. The van der Waals surface area contributed by atoms with Crippen LogP contribution >= 0.6 is 11.8 Å². The molecule has 6 heteroatoms. The fourth-order valence-corrected chi connectivity index (χ4v) is 2.39. The lowest BCUT2D eigenvalue weighted by molar-refractivity contribution is -0.147. The molecule has 0 aliphatic heterocycles. The number of amides is 2. The topological polar surface area (TPSA) is 69.6 Å². The number of anilines is 1. The minimum atomic E-state index is -1.26. The third kappa shape index (κ3) is 3.45. The van der Waals surface area contributed by atoms with Gasteiger partial charge in [-0.1, -0.05) is 12.1 Å². The third-order valence-electron chi connectivity index (χ3n) is 3.11. The molecule has 0 fully saturated rings. The summed E-state index contributed by atoms with van der Waals surface area (Å²) in [6.45, 7) is 5.09. The number of carboxylic acid groups (broad SMARTS) is 1. The summed E-state index contributed by atoms with van der Waals surface area (Å²) in [5.74, 6) is -1.03. The fourth-order valence-electron chi connectivity index (χ4n) is 1.84. The SMILES string of the molecule is CCN(C(=O)Nc1ccccc1SC)C(C)(C)C(=O)O. The van der Waals surface area contributed by atoms with Crippen molar-refractivity contribution in [1.29, 1.82) is 0 Å². The van der Waals surface area contributed by atoms with E-state index in [0.717, 1.165) is 4.90 Å². The number of para-hydroxylation sites is 1. The average Bonchev–Trinajstić information content (AvgIpc) is 2.39. The van der Waals surface area contributed by atoms with Gasteiger partial charge in [-0.25, -0.2) is 9.59 Å². The van der Waals surface area contributed by atoms with E-state index >= 15 is 0 Å². The number of thioether (sulfide) groups is 1. The Morgan fingerprint density at radius 1 is 1.35 bits per heavy atom. The zero-order valence-corrected chi connectivity index (χ0v) is 13.0. The van der Waals surface area contributed by atoms with E-state index < -0.39 is 17.5 Å². The van der Waals surface area contributed by atoms with Crippen LogP contribution in [0.1, 0.15) is 20.8 Å². The second-order valence-corrected chi connectivity index (χ2v) is 5.59. The Morgan fingerprint density at radius 2 is 1.95 bits per heavy atom. The van der Waals surface area contributed by atoms with E-state index in [9.17, 15) is 14.7 Å². The molecule has 0 heterocycles. The molecule has 0 saturated carbocycles. The van der Waals surface area contributed by atoms with E-state index in [0.29, 0.717) is 12.2 Å². The number of hydrogen-bond donors (Lipinski definition) is 2. The van der Waals surface area contributed by atoms with E-state index in [1.165, 1.54) is 30.5 Å². The van der Waals surface area contributed by atoms with Crippen LogP contribution in [0.25, 0.3) is 0 Å². The van der Waals surface area contributed by atoms with E-state index in [2.05, 4.69) is 5.32 Å². The van der Waals surface area contributed by atoms with E-state index in [4.69, 9.17) is 0 Å². The van der Waals surface area contributed by atoms with Crippen molar-refractivity contribution in [3.63, 3.8) is 0 Å². The Labute approximate surface area is 123 Å². The normalized spacial score (nSPS) is 11.0. The van der Waals surface area contributed by atoms with Gasteiger partial charge in [-0.3, -0.25) is 0 Å². The van der Waals surface area contributed by atoms with Crippen molar-refractivity contribution in [3.05, 3.63) is 24.3 Å². The summed E-state index contributed by atoms with van der Waals surface area (Å²) in [6, 6.07) is 7.00. The van der Waals surface area contributed by atoms with Crippen LogP contribution in [0.4, 0.5) is 10.5 Å². The molecule has 0 radical (unpaired) electrons. The molecule has 20 heavy (non-hydrogen) atoms. The average molecular weight is 296 g/mol. The predicted molar refractivity (Wildman–Crippen MR) is 81.3 cm³/mol. The Balaban J connectivity index is 2.96. The van der Waals surface area contributed by atoms with Gasteiger partial charge in [-0.15, -0.1) is 11.8 Å². The Bertz CT molecular complexity index is 503. The van der Waals surface area contributed by atoms with Gasteiger partial charge in [-0.2, -0.15) is 0 Å². The highest BCUT2D eigenvalue weighted by atomic mass is 32.2. The molecule has 0 atom stereocenters. The van der Waals surface area contributed by atoms with Crippen molar-refractivity contribution in [2.24, 2.45) is 0 Å². The van der Waals surface area contributed by atoms with Crippen molar-refractivity contribution in [3.8, 4) is 0 Å². The summed E-state index contributed by atoms with van der Waals surface area (Å²) in [7, 11) is 0. The molecule has 2 amide bonds. The molecule has 1 rings (SSSR count). The third-order valence-corrected chi connectivity index (χ3v) is 3.90. The number of urea groups is 1. The van der Waals surface area contributed by atoms with Crippen LogP contribution in [0.3, 0.4) is 0 Å². The lowest BCUT2D eigenvalue weighted by atomic mass is 10.0. The summed E-state index contributed by atoms with van der Waals surface area (Å²) in [6.07, 6.45) is 1.92. The van der Waals surface area contributed by atoms with Crippen LogP contribution in [0.2, 0.25) is 0 Å². The van der Waals surface area contributed by atoms with Crippen molar-refractivity contribution >= 4 is 29.4 Å². The lowest BCUT2D eigenvalue weighted by Crippen LogP contribution is -2.54. The summed E-state index contributed by atoms with van der Waals surface area (Å²) in [5.41, 5.74) is -0.572. The number of carbonyl (C=O) groups is 2. The highest BCUT2D eigenvalue weighted by molar-refractivity contribution is 7.98.